The van der Waals surface area contributed by atoms with E-state index in [2.05, 4.69) is 9.88 Å². The highest BCUT2D eigenvalue weighted by molar-refractivity contribution is 7.89. The van der Waals surface area contributed by atoms with Crippen LogP contribution in [0.3, 0.4) is 0 Å². The van der Waals surface area contributed by atoms with Gasteiger partial charge < -0.3 is 10.9 Å². The van der Waals surface area contributed by atoms with Crippen molar-refractivity contribution in [2.75, 3.05) is 5.75 Å². The number of nitrogens with zero attached hydrogens (tertiary/aromatic N) is 1. The molecule has 0 fully saturated rings. The number of hydrogen-bond acceptors (Lipinski definition) is 4. The number of halogens is 3. The molecule has 0 aromatic rings. The summed E-state index contributed by atoms with van der Waals surface area (Å²) in [6.45, 7) is 3.25. The van der Waals surface area contributed by atoms with Gasteiger partial charge in [-0.3, -0.25) is 0 Å². The summed E-state index contributed by atoms with van der Waals surface area (Å²) in [5.41, 5.74) is 4.19. The van der Waals surface area contributed by atoms with Crippen molar-refractivity contribution < 1.29 is 26.8 Å². The number of hydrogen-bond donors (Lipinski definition) is 3. The van der Waals surface area contributed by atoms with Gasteiger partial charge in [0.2, 0.25) is 10.0 Å². The molecule has 0 amide bonds. The van der Waals surface area contributed by atoms with E-state index in [-0.39, 0.29) is 18.7 Å². The van der Waals surface area contributed by atoms with Gasteiger partial charge in [0.25, 0.3) is 0 Å². The molecule has 0 saturated heterocycles. The van der Waals surface area contributed by atoms with Gasteiger partial charge in [0.1, 0.15) is 0 Å². The van der Waals surface area contributed by atoms with Gasteiger partial charge in [-0.25, -0.2) is 13.1 Å². The van der Waals surface area contributed by atoms with Crippen LogP contribution in [0.1, 0.15) is 39.5 Å². The molecular formula is C10H20F3N3O3S. The number of nitrogens with one attached hydrogen (secondary N) is 1. The van der Waals surface area contributed by atoms with E-state index < -0.39 is 40.3 Å². The number of alkyl halides is 3. The van der Waals surface area contributed by atoms with Crippen LogP contribution in [-0.4, -0.2) is 36.9 Å². The lowest BCUT2D eigenvalue weighted by Crippen LogP contribution is -2.57. The van der Waals surface area contributed by atoms with Crippen LogP contribution in [0.4, 0.5) is 13.2 Å². The fraction of sp³-hybridized carbons (Fsp3) is 0.900. The molecule has 0 aliphatic carbocycles. The third kappa shape index (κ3) is 5.95. The number of rotatable bonds is 8. The van der Waals surface area contributed by atoms with Crippen LogP contribution in [0.25, 0.3) is 0 Å². The second-order valence-corrected chi connectivity index (χ2v) is 6.26. The first kappa shape index (κ1) is 19.0. The number of sulfonamides is 1. The molecule has 0 aromatic carbocycles. The van der Waals surface area contributed by atoms with Crippen molar-refractivity contribution >= 4 is 15.9 Å². The molecule has 4 N–H and O–H groups in total. The van der Waals surface area contributed by atoms with Crippen LogP contribution in [0.5, 0.6) is 0 Å². The van der Waals surface area contributed by atoms with Gasteiger partial charge in [-0.1, -0.05) is 19.0 Å². The summed E-state index contributed by atoms with van der Waals surface area (Å²) in [6.07, 6.45) is -5.70. The third-order valence-electron chi connectivity index (χ3n) is 3.03. The molecule has 0 bridgehead atoms. The monoisotopic (exact) mass is 319 g/mol. The summed E-state index contributed by atoms with van der Waals surface area (Å²) in [4.78, 5) is 0. The van der Waals surface area contributed by atoms with Gasteiger partial charge in [0, 0.05) is 6.42 Å². The van der Waals surface area contributed by atoms with Crippen LogP contribution in [-0.2, 0) is 10.0 Å². The number of amidine groups is 1. The van der Waals surface area contributed by atoms with Crippen LogP contribution in [0.15, 0.2) is 5.16 Å². The van der Waals surface area contributed by atoms with Crippen molar-refractivity contribution in [3.63, 3.8) is 0 Å². The van der Waals surface area contributed by atoms with E-state index in [9.17, 15) is 21.6 Å². The predicted octanol–water partition coefficient (Wildman–Crippen LogP) is 1.55. The number of nitrogens with two attached hydrogens (primary N) is 1. The van der Waals surface area contributed by atoms with Gasteiger partial charge in [-0.2, -0.15) is 13.2 Å². The van der Waals surface area contributed by atoms with Crippen molar-refractivity contribution in [1.82, 2.24) is 4.72 Å². The molecule has 0 radical (unpaired) electrons. The molecule has 0 aromatic heterocycles. The van der Waals surface area contributed by atoms with E-state index in [0.29, 0.717) is 0 Å². The first-order chi connectivity index (χ1) is 9.02. The zero-order valence-electron chi connectivity index (χ0n) is 11.4. The Bertz CT molecular complexity index is 431. The zero-order valence-corrected chi connectivity index (χ0v) is 12.2. The Morgan fingerprint density at radius 1 is 1.30 bits per heavy atom. The molecule has 0 unspecified atom stereocenters. The Morgan fingerprint density at radius 3 is 2.15 bits per heavy atom. The molecular weight excluding hydrogens is 299 g/mol. The Hall–Kier alpha value is -1.03. The maximum absolute atomic E-state index is 12.0. The van der Waals surface area contributed by atoms with Crippen LogP contribution in [0.2, 0.25) is 0 Å². The van der Waals surface area contributed by atoms with Crippen LogP contribution >= 0.6 is 0 Å². The Morgan fingerprint density at radius 2 is 1.80 bits per heavy atom. The zero-order chi connectivity index (χ0) is 16.0. The summed E-state index contributed by atoms with van der Waals surface area (Å²) >= 11 is 0. The summed E-state index contributed by atoms with van der Waals surface area (Å²) in [7, 11) is -3.96. The second kappa shape index (κ2) is 7.11. The smallest absolute Gasteiger partial charge is 0.389 e. The van der Waals surface area contributed by atoms with Gasteiger partial charge in [0.15, 0.2) is 5.84 Å². The van der Waals surface area contributed by atoms with Crippen molar-refractivity contribution in [3.8, 4) is 0 Å². The fourth-order valence-corrected chi connectivity index (χ4v) is 3.33. The average Bonchev–Trinajstić information content (AvgIpc) is 2.33. The molecule has 120 valence electrons. The van der Waals surface area contributed by atoms with E-state index >= 15 is 0 Å². The summed E-state index contributed by atoms with van der Waals surface area (Å²) in [6, 6.07) is 0. The van der Waals surface area contributed by atoms with E-state index in [0.717, 1.165) is 0 Å². The minimum Gasteiger partial charge on any atom is -0.409 e. The quantitative estimate of drug-likeness (QED) is 0.273. The highest BCUT2D eigenvalue weighted by Crippen LogP contribution is 2.22. The van der Waals surface area contributed by atoms with Crippen molar-refractivity contribution in [2.45, 2.75) is 51.2 Å². The topological polar surface area (TPSA) is 105 Å². The third-order valence-corrected chi connectivity index (χ3v) is 4.56. The normalized spacial score (nSPS) is 14.6. The van der Waals surface area contributed by atoms with Gasteiger partial charge in [-0.05, 0) is 19.3 Å². The molecule has 0 aliphatic rings. The van der Waals surface area contributed by atoms with Crippen LogP contribution < -0.4 is 10.5 Å². The first-order valence-corrected chi connectivity index (χ1v) is 7.73. The van der Waals surface area contributed by atoms with Crippen molar-refractivity contribution in [3.05, 3.63) is 0 Å². The molecule has 0 saturated carbocycles. The highest BCUT2D eigenvalue weighted by Gasteiger charge is 2.36. The van der Waals surface area contributed by atoms with E-state index in [4.69, 9.17) is 10.9 Å². The molecule has 10 heteroatoms. The lowest BCUT2D eigenvalue weighted by atomic mass is 9.93. The standard InChI is InChI=1S/C10H20F3N3O3S/c1-3-9(4-2,8(14)15-17)16-20(18,19)7-5-6-10(11,12)13/h16-17H,3-7H2,1-2H3,(H2,14,15). The fourth-order valence-electron chi connectivity index (χ4n) is 1.72. The molecule has 0 rings (SSSR count). The van der Waals surface area contributed by atoms with Gasteiger partial charge >= 0.3 is 6.18 Å². The van der Waals surface area contributed by atoms with Gasteiger partial charge in [-0.15, -0.1) is 0 Å². The lowest BCUT2D eigenvalue weighted by molar-refractivity contribution is -0.134. The summed E-state index contributed by atoms with van der Waals surface area (Å²) < 4.78 is 61.8. The SMILES string of the molecule is CCC(CC)(NS(=O)(=O)CCCC(F)(F)F)C(N)=NO. The predicted molar refractivity (Wildman–Crippen MR) is 68.9 cm³/mol. The Labute approximate surface area is 116 Å². The minimum atomic E-state index is -4.40. The maximum Gasteiger partial charge on any atom is 0.389 e. The lowest BCUT2D eigenvalue weighted by Gasteiger charge is -2.30. The number of oxime groups is 1. The maximum atomic E-state index is 12.0. The van der Waals surface area contributed by atoms with E-state index in [1.54, 1.807) is 13.8 Å². The molecule has 20 heavy (non-hydrogen) atoms. The highest BCUT2D eigenvalue weighted by atomic mass is 32.2. The van der Waals surface area contributed by atoms with E-state index in [1.165, 1.54) is 0 Å². The Balaban J connectivity index is 4.87. The largest absolute Gasteiger partial charge is 0.409 e. The average molecular weight is 319 g/mol. The van der Waals surface area contributed by atoms with Gasteiger partial charge in [0.05, 0.1) is 11.3 Å². The molecule has 0 atom stereocenters. The van der Waals surface area contributed by atoms with Crippen molar-refractivity contribution in [2.24, 2.45) is 10.9 Å². The molecule has 6 nitrogen and oxygen atoms in total. The second-order valence-electron chi connectivity index (χ2n) is 4.41. The van der Waals surface area contributed by atoms with E-state index in [1.807, 2.05) is 0 Å². The van der Waals surface area contributed by atoms with Crippen molar-refractivity contribution in [1.29, 1.82) is 0 Å². The molecule has 0 spiro atoms. The van der Waals surface area contributed by atoms with Crippen LogP contribution in [0, 0.1) is 0 Å². The molecule has 0 heterocycles. The minimum absolute atomic E-state index is 0.206. The molecule has 0 aliphatic heterocycles. The Kier molecular flexibility index (Phi) is 6.75. The summed E-state index contributed by atoms with van der Waals surface area (Å²) in [5, 5.41) is 11.5. The summed E-state index contributed by atoms with van der Waals surface area (Å²) in [5.74, 6) is -0.991. The first-order valence-electron chi connectivity index (χ1n) is 6.08.